The molecule has 1 aromatic heterocycles. The number of carbonyl (C=O) groups excluding carboxylic acids is 2. The second-order valence-electron chi connectivity index (χ2n) is 8.68. The number of allylic oxidation sites excluding steroid dienone is 1. The zero-order chi connectivity index (χ0) is 24.0. The van der Waals surface area contributed by atoms with Crippen LogP contribution in [0.3, 0.4) is 0 Å². The number of aliphatic hydroxyl groups is 1. The summed E-state index contributed by atoms with van der Waals surface area (Å²) in [6.07, 6.45) is 5.36. The molecule has 0 aliphatic carbocycles. The Bertz CT molecular complexity index is 992. The first kappa shape index (κ1) is 24.5. The lowest BCUT2D eigenvalue weighted by Crippen LogP contribution is -2.50. The van der Waals surface area contributed by atoms with Crippen LogP contribution in [0.4, 0.5) is 0 Å². The number of hydrogen-bond acceptors (Lipinski definition) is 5. The number of pyridine rings is 1. The fraction of sp³-hybridized carbons (Fsp3) is 0.423. The van der Waals surface area contributed by atoms with Gasteiger partial charge in [-0.25, -0.2) is 4.98 Å². The average molecular weight is 452 g/mol. The monoisotopic (exact) mass is 451 g/mol. The quantitative estimate of drug-likeness (QED) is 0.700. The van der Waals surface area contributed by atoms with E-state index in [9.17, 15) is 14.7 Å². The van der Waals surface area contributed by atoms with Crippen molar-refractivity contribution in [1.82, 2.24) is 14.8 Å². The Hall–Kier alpha value is -3.19. The molecule has 0 fully saturated rings. The SMILES string of the molecule is C/C=C/c1cnc2c(c1)C(=O)N([C@H](C)CO)C[C@H](C)[C@@H](CN(C)C(=O)Cc1ccccc1)O2. The van der Waals surface area contributed by atoms with Gasteiger partial charge in [0.2, 0.25) is 11.8 Å². The molecule has 0 unspecified atom stereocenters. The van der Waals surface area contributed by atoms with Crippen molar-refractivity contribution in [2.75, 3.05) is 26.7 Å². The van der Waals surface area contributed by atoms with Gasteiger partial charge in [-0.1, -0.05) is 49.4 Å². The summed E-state index contributed by atoms with van der Waals surface area (Å²) in [4.78, 5) is 33.9. The number of aromatic nitrogens is 1. The van der Waals surface area contributed by atoms with Gasteiger partial charge in [0.15, 0.2) is 0 Å². The number of aliphatic hydroxyl groups excluding tert-OH is 1. The molecule has 33 heavy (non-hydrogen) atoms. The number of hydrogen-bond donors (Lipinski definition) is 1. The highest BCUT2D eigenvalue weighted by Crippen LogP contribution is 2.27. The van der Waals surface area contributed by atoms with Crippen LogP contribution in [0.1, 0.15) is 42.3 Å². The Morgan fingerprint density at radius 1 is 1.36 bits per heavy atom. The molecule has 0 radical (unpaired) electrons. The fourth-order valence-corrected chi connectivity index (χ4v) is 3.90. The second-order valence-corrected chi connectivity index (χ2v) is 8.68. The van der Waals surface area contributed by atoms with Gasteiger partial charge in [-0.15, -0.1) is 0 Å². The molecule has 2 aromatic rings. The van der Waals surface area contributed by atoms with E-state index in [1.165, 1.54) is 0 Å². The van der Waals surface area contributed by atoms with Crippen molar-refractivity contribution < 1.29 is 19.4 Å². The molecule has 0 spiro atoms. The smallest absolute Gasteiger partial charge is 0.259 e. The first-order valence-corrected chi connectivity index (χ1v) is 11.3. The van der Waals surface area contributed by atoms with Gasteiger partial charge in [0.1, 0.15) is 11.7 Å². The van der Waals surface area contributed by atoms with Crippen LogP contribution >= 0.6 is 0 Å². The van der Waals surface area contributed by atoms with Crippen molar-refractivity contribution in [1.29, 1.82) is 0 Å². The highest BCUT2D eigenvalue weighted by atomic mass is 16.5. The lowest BCUT2D eigenvalue weighted by molar-refractivity contribution is -0.130. The van der Waals surface area contributed by atoms with E-state index in [-0.39, 0.29) is 42.4 Å². The molecule has 0 bridgehead atoms. The number of ether oxygens (including phenoxy) is 1. The summed E-state index contributed by atoms with van der Waals surface area (Å²) in [6.45, 7) is 6.33. The molecule has 7 nitrogen and oxygen atoms in total. The van der Waals surface area contributed by atoms with Gasteiger partial charge < -0.3 is 19.6 Å². The first-order chi connectivity index (χ1) is 15.8. The second kappa shape index (κ2) is 11.1. The molecule has 0 saturated heterocycles. The number of carbonyl (C=O) groups is 2. The Morgan fingerprint density at radius 2 is 2.09 bits per heavy atom. The Morgan fingerprint density at radius 3 is 2.76 bits per heavy atom. The Labute approximate surface area is 195 Å². The molecular weight excluding hydrogens is 418 g/mol. The van der Waals surface area contributed by atoms with Gasteiger partial charge in [-0.3, -0.25) is 9.59 Å². The number of fused-ring (bicyclic) bond motifs is 1. The van der Waals surface area contributed by atoms with Gasteiger partial charge in [0, 0.05) is 25.7 Å². The van der Waals surface area contributed by atoms with Crippen LogP contribution in [-0.4, -0.2) is 70.6 Å². The van der Waals surface area contributed by atoms with E-state index < -0.39 is 0 Å². The third-order valence-corrected chi connectivity index (χ3v) is 5.98. The summed E-state index contributed by atoms with van der Waals surface area (Å²) >= 11 is 0. The van der Waals surface area contributed by atoms with Gasteiger partial charge in [0.25, 0.3) is 5.91 Å². The van der Waals surface area contributed by atoms with E-state index in [2.05, 4.69) is 4.98 Å². The largest absolute Gasteiger partial charge is 0.472 e. The molecule has 1 aromatic carbocycles. The number of nitrogens with zero attached hydrogens (tertiary/aromatic N) is 3. The minimum atomic E-state index is -0.366. The maximum Gasteiger partial charge on any atom is 0.259 e. The van der Waals surface area contributed by atoms with Crippen LogP contribution in [0.15, 0.2) is 48.7 Å². The summed E-state index contributed by atoms with van der Waals surface area (Å²) in [5, 5.41) is 9.76. The third-order valence-electron chi connectivity index (χ3n) is 5.98. The number of rotatable bonds is 7. The van der Waals surface area contributed by atoms with E-state index in [4.69, 9.17) is 4.74 Å². The molecule has 7 heteroatoms. The number of likely N-dealkylation sites (N-methyl/N-ethyl adjacent to an activating group) is 1. The van der Waals surface area contributed by atoms with E-state index in [1.54, 1.807) is 29.1 Å². The highest BCUT2D eigenvalue weighted by Gasteiger charge is 2.34. The third kappa shape index (κ3) is 5.99. The predicted octanol–water partition coefficient (Wildman–Crippen LogP) is 3.04. The number of amides is 2. The van der Waals surface area contributed by atoms with Crippen LogP contribution in [0, 0.1) is 5.92 Å². The summed E-state index contributed by atoms with van der Waals surface area (Å²) in [5.41, 5.74) is 2.12. The Balaban J connectivity index is 1.87. The summed E-state index contributed by atoms with van der Waals surface area (Å²) in [5.74, 6) is -0.0551. The van der Waals surface area contributed by atoms with Crippen molar-refractivity contribution >= 4 is 17.9 Å². The molecule has 1 aliphatic rings. The first-order valence-electron chi connectivity index (χ1n) is 11.3. The molecule has 1 aliphatic heterocycles. The maximum atomic E-state index is 13.3. The predicted molar refractivity (Wildman–Crippen MR) is 128 cm³/mol. The minimum Gasteiger partial charge on any atom is -0.472 e. The van der Waals surface area contributed by atoms with Crippen molar-refractivity contribution in [3.05, 3.63) is 65.4 Å². The van der Waals surface area contributed by atoms with Crippen LogP contribution in [0.25, 0.3) is 6.08 Å². The maximum absolute atomic E-state index is 13.3. The van der Waals surface area contributed by atoms with Gasteiger partial charge in [-0.2, -0.15) is 0 Å². The van der Waals surface area contributed by atoms with Crippen LogP contribution in [0.5, 0.6) is 5.88 Å². The molecule has 176 valence electrons. The van der Waals surface area contributed by atoms with Crippen molar-refractivity contribution in [2.45, 2.75) is 39.3 Å². The fourth-order valence-electron chi connectivity index (χ4n) is 3.90. The lowest BCUT2D eigenvalue weighted by atomic mass is 9.99. The summed E-state index contributed by atoms with van der Waals surface area (Å²) in [6, 6.07) is 11.0. The standard InChI is InChI=1S/C26H33N3O4/c1-5-9-21-12-22-25(27-14-21)33-23(18(2)15-29(26(22)32)19(3)17-30)16-28(4)24(31)13-20-10-7-6-8-11-20/h5-12,14,18-19,23,30H,13,15-17H2,1-4H3/b9-5+/t18-,19+,23+/m0/s1. The topological polar surface area (TPSA) is 83.0 Å². The molecular formula is C26H33N3O4. The van der Waals surface area contributed by atoms with Gasteiger partial charge >= 0.3 is 0 Å². The van der Waals surface area contributed by atoms with Crippen LogP contribution < -0.4 is 4.74 Å². The van der Waals surface area contributed by atoms with Gasteiger partial charge in [-0.05, 0) is 31.0 Å². The van der Waals surface area contributed by atoms with Crippen LogP contribution in [-0.2, 0) is 11.2 Å². The highest BCUT2D eigenvalue weighted by molar-refractivity contribution is 5.97. The normalized spacial score (nSPS) is 19.4. The van der Waals surface area contributed by atoms with E-state index in [0.29, 0.717) is 25.1 Å². The molecule has 0 saturated carbocycles. The Kier molecular flexibility index (Phi) is 8.22. The van der Waals surface area contributed by atoms with Crippen molar-refractivity contribution in [3.63, 3.8) is 0 Å². The summed E-state index contributed by atoms with van der Waals surface area (Å²) in [7, 11) is 1.77. The molecule has 3 atom stereocenters. The van der Waals surface area contributed by atoms with E-state index >= 15 is 0 Å². The zero-order valence-corrected chi connectivity index (χ0v) is 19.8. The molecule has 2 heterocycles. The van der Waals surface area contributed by atoms with Crippen LogP contribution in [0.2, 0.25) is 0 Å². The van der Waals surface area contributed by atoms with Gasteiger partial charge in [0.05, 0.1) is 25.6 Å². The minimum absolute atomic E-state index is 0.00710. The summed E-state index contributed by atoms with van der Waals surface area (Å²) < 4.78 is 6.25. The van der Waals surface area contributed by atoms with Crippen molar-refractivity contribution in [3.8, 4) is 5.88 Å². The molecule has 1 N–H and O–H groups in total. The molecule has 2 amide bonds. The van der Waals surface area contributed by atoms with E-state index in [0.717, 1.165) is 11.1 Å². The van der Waals surface area contributed by atoms with E-state index in [1.807, 2.05) is 63.3 Å². The number of benzene rings is 1. The lowest BCUT2D eigenvalue weighted by Gasteiger charge is -2.37. The van der Waals surface area contributed by atoms with Crippen molar-refractivity contribution in [2.24, 2.45) is 5.92 Å². The molecule has 3 rings (SSSR count). The zero-order valence-electron chi connectivity index (χ0n) is 19.8. The average Bonchev–Trinajstić information content (AvgIpc) is 2.82.